The van der Waals surface area contributed by atoms with Crippen molar-refractivity contribution in [2.45, 2.75) is 40.0 Å². The van der Waals surface area contributed by atoms with Gasteiger partial charge in [-0.15, -0.1) is 0 Å². The zero-order valence-electron chi connectivity index (χ0n) is 15.8. The maximum Gasteiger partial charge on any atom is 0.227 e. The fourth-order valence-electron chi connectivity index (χ4n) is 4.14. The Morgan fingerprint density at radius 1 is 1.16 bits per heavy atom. The fourth-order valence-corrected chi connectivity index (χ4v) is 4.14. The number of anilines is 2. The van der Waals surface area contributed by atoms with Gasteiger partial charge in [-0.2, -0.15) is 0 Å². The van der Waals surface area contributed by atoms with Crippen molar-refractivity contribution in [1.29, 1.82) is 0 Å². The maximum atomic E-state index is 12.8. The van der Waals surface area contributed by atoms with Gasteiger partial charge in [0, 0.05) is 30.4 Å². The van der Waals surface area contributed by atoms with E-state index in [1.165, 1.54) is 12.1 Å². The van der Waals surface area contributed by atoms with Crippen LogP contribution in [0.15, 0.2) is 24.3 Å². The maximum absolute atomic E-state index is 12.8. The van der Waals surface area contributed by atoms with Crippen molar-refractivity contribution in [1.82, 2.24) is 0 Å². The first-order valence-corrected chi connectivity index (χ1v) is 9.78. The molecule has 0 bridgehead atoms. The Morgan fingerprint density at radius 2 is 1.84 bits per heavy atom. The lowest BCUT2D eigenvalue weighted by atomic mass is 9.71. The van der Waals surface area contributed by atoms with Crippen molar-refractivity contribution in [2.75, 3.05) is 36.5 Å². The summed E-state index contributed by atoms with van der Waals surface area (Å²) in [7, 11) is 0. The number of rotatable bonds is 4. The van der Waals surface area contributed by atoms with E-state index in [-0.39, 0.29) is 11.8 Å². The van der Waals surface area contributed by atoms with Crippen LogP contribution in [0.25, 0.3) is 0 Å². The van der Waals surface area contributed by atoms with Crippen LogP contribution in [0, 0.1) is 23.7 Å². The second kappa shape index (κ2) is 8.22. The van der Waals surface area contributed by atoms with Crippen LogP contribution in [0.3, 0.4) is 0 Å². The molecule has 1 aromatic carbocycles. The van der Waals surface area contributed by atoms with Crippen LogP contribution < -0.4 is 10.2 Å². The first-order chi connectivity index (χ1) is 12.0. The lowest BCUT2D eigenvalue weighted by molar-refractivity contribution is -0.123. The third kappa shape index (κ3) is 4.55. The number of nitrogens with one attached hydrogen (secondary N) is 1. The lowest BCUT2D eigenvalue weighted by Gasteiger charge is -2.35. The van der Waals surface area contributed by atoms with Gasteiger partial charge in [-0.25, -0.2) is 0 Å². The molecule has 2 fully saturated rings. The number of hydrogen-bond donors (Lipinski definition) is 1. The van der Waals surface area contributed by atoms with Crippen molar-refractivity contribution in [3.8, 4) is 0 Å². The van der Waals surface area contributed by atoms with Gasteiger partial charge in [0.05, 0.1) is 13.2 Å². The van der Waals surface area contributed by atoms with E-state index in [9.17, 15) is 4.79 Å². The molecule has 3 atom stereocenters. The van der Waals surface area contributed by atoms with Crippen molar-refractivity contribution in [2.24, 2.45) is 23.7 Å². The minimum atomic E-state index is 0.139. The predicted molar refractivity (Wildman–Crippen MR) is 103 cm³/mol. The molecular weight excluding hydrogens is 312 g/mol. The summed E-state index contributed by atoms with van der Waals surface area (Å²) in [5.41, 5.74) is 2.10. The summed E-state index contributed by atoms with van der Waals surface area (Å²) in [5.74, 6) is 2.14. The SMILES string of the molecule is CC(C)C1CCC(C)C(C(=O)Nc2ccc(N3CCOCC3)cc2)C1. The molecule has 3 unspecified atom stereocenters. The standard InChI is InChI=1S/C21H32N2O2/c1-15(2)17-5-4-16(3)20(14-17)21(24)22-18-6-8-19(9-7-18)23-10-12-25-13-11-23/h6-9,15-17,20H,4-5,10-14H2,1-3H3,(H,22,24). The van der Waals surface area contributed by atoms with Crippen molar-refractivity contribution in [3.63, 3.8) is 0 Å². The Labute approximate surface area is 151 Å². The van der Waals surface area contributed by atoms with Crippen LogP contribution in [-0.2, 0) is 9.53 Å². The van der Waals surface area contributed by atoms with Gasteiger partial charge < -0.3 is 15.0 Å². The van der Waals surface area contributed by atoms with Gasteiger partial charge in [-0.3, -0.25) is 4.79 Å². The van der Waals surface area contributed by atoms with Crippen LogP contribution >= 0.6 is 0 Å². The Morgan fingerprint density at radius 3 is 2.48 bits per heavy atom. The van der Waals surface area contributed by atoms with Gasteiger partial charge in [0.25, 0.3) is 0 Å². The average Bonchev–Trinajstić information content (AvgIpc) is 2.63. The van der Waals surface area contributed by atoms with E-state index >= 15 is 0 Å². The number of amides is 1. The van der Waals surface area contributed by atoms with Crippen LogP contribution in [0.5, 0.6) is 0 Å². The zero-order chi connectivity index (χ0) is 17.8. The molecule has 1 N–H and O–H groups in total. The van der Waals surface area contributed by atoms with Gasteiger partial charge >= 0.3 is 0 Å². The number of nitrogens with zero attached hydrogens (tertiary/aromatic N) is 1. The molecule has 4 heteroatoms. The number of ether oxygens (including phenoxy) is 1. The van der Waals surface area contributed by atoms with Crippen molar-refractivity contribution < 1.29 is 9.53 Å². The molecular formula is C21H32N2O2. The van der Waals surface area contributed by atoms with Gasteiger partial charge in [0.2, 0.25) is 5.91 Å². The van der Waals surface area contributed by atoms with Crippen LogP contribution in [0.2, 0.25) is 0 Å². The van der Waals surface area contributed by atoms with Gasteiger partial charge in [0.15, 0.2) is 0 Å². The molecule has 3 rings (SSSR count). The number of morpholine rings is 1. The van der Waals surface area contributed by atoms with E-state index in [2.05, 4.69) is 43.1 Å². The molecule has 138 valence electrons. The Bertz CT molecular complexity index is 564. The number of benzene rings is 1. The minimum absolute atomic E-state index is 0.139. The first-order valence-electron chi connectivity index (χ1n) is 9.78. The molecule has 4 nitrogen and oxygen atoms in total. The van der Waals surface area contributed by atoms with E-state index in [1.54, 1.807) is 0 Å². The smallest absolute Gasteiger partial charge is 0.227 e. The number of carbonyl (C=O) groups excluding carboxylic acids is 1. The van der Waals surface area contributed by atoms with Crippen molar-refractivity contribution in [3.05, 3.63) is 24.3 Å². The molecule has 0 aromatic heterocycles. The van der Waals surface area contributed by atoms with E-state index in [0.29, 0.717) is 17.8 Å². The highest BCUT2D eigenvalue weighted by Gasteiger charge is 2.33. The van der Waals surface area contributed by atoms with Crippen LogP contribution in [0.1, 0.15) is 40.0 Å². The first kappa shape index (κ1) is 18.2. The molecule has 1 saturated carbocycles. The van der Waals surface area contributed by atoms with Gasteiger partial charge in [-0.1, -0.05) is 20.8 Å². The molecule has 1 saturated heterocycles. The summed E-state index contributed by atoms with van der Waals surface area (Å²) in [6, 6.07) is 8.25. The van der Waals surface area contributed by atoms with Crippen molar-refractivity contribution >= 4 is 17.3 Å². The van der Waals surface area contributed by atoms with Crippen LogP contribution in [0.4, 0.5) is 11.4 Å². The molecule has 1 aliphatic heterocycles. The number of hydrogen-bond acceptors (Lipinski definition) is 3. The summed E-state index contributed by atoms with van der Waals surface area (Å²) < 4.78 is 5.40. The third-order valence-electron chi connectivity index (χ3n) is 6.03. The minimum Gasteiger partial charge on any atom is -0.378 e. The number of carbonyl (C=O) groups is 1. The second-order valence-electron chi connectivity index (χ2n) is 8.04. The van der Waals surface area contributed by atoms with Gasteiger partial charge in [-0.05, 0) is 61.3 Å². The molecule has 1 aromatic rings. The predicted octanol–water partition coefficient (Wildman–Crippen LogP) is 4.17. The monoisotopic (exact) mass is 344 g/mol. The summed E-state index contributed by atoms with van der Waals surface area (Å²) >= 11 is 0. The molecule has 0 radical (unpaired) electrons. The van der Waals surface area contributed by atoms with Gasteiger partial charge in [0.1, 0.15) is 0 Å². The molecule has 0 spiro atoms. The highest BCUT2D eigenvalue weighted by atomic mass is 16.5. The molecule has 1 heterocycles. The molecule has 2 aliphatic rings. The van der Waals surface area contributed by atoms with E-state index in [1.807, 2.05) is 12.1 Å². The fraction of sp³-hybridized carbons (Fsp3) is 0.667. The summed E-state index contributed by atoms with van der Waals surface area (Å²) in [5, 5.41) is 3.15. The zero-order valence-corrected chi connectivity index (χ0v) is 15.8. The second-order valence-corrected chi connectivity index (χ2v) is 8.04. The average molecular weight is 344 g/mol. The highest BCUT2D eigenvalue weighted by Crippen LogP contribution is 2.38. The van der Waals surface area contributed by atoms with E-state index in [4.69, 9.17) is 4.74 Å². The highest BCUT2D eigenvalue weighted by molar-refractivity contribution is 5.93. The Hall–Kier alpha value is -1.55. The lowest BCUT2D eigenvalue weighted by Crippen LogP contribution is -2.36. The normalized spacial score (nSPS) is 27.4. The summed E-state index contributed by atoms with van der Waals surface area (Å²) in [6.45, 7) is 10.2. The van der Waals surface area contributed by atoms with E-state index < -0.39 is 0 Å². The largest absolute Gasteiger partial charge is 0.378 e. The third-order valence-corrected chi connectivity index (χ3v) is 6.03. The quantitative estimate of drug-likeness (QED) is 0.891. The Balaban J connectivity index is 1.60. The van der Waals surface area contributed by atoms with Crippen LogP contribution in [-0.4, -0.2) is 32.2 Å². The Kier molecular flexibility index (Phi) is 6.00. The molecule has 1 amide bonds. The molecule has 25 heavy (non-hydrogen) atoms. The summed E-state index contributed by atoms with van der Waals surface area (Å²) in [6.07, 6.45) is 3.45. The topological polar surface area (TPSA) is 41.6 Å². The van der Waals surface area contributed by atoms with E-state index in [0.717, 1.165) is 44.8 Å². The molecule has 1 aliphatic carbocycles. The summed E-state index contributed by atoms with van der Waals surface area (Å²) in [4.78, 5) is 15.1.